The molecule has 10 aromatic rings. The highest BCUT2D eigenvalue weighted by atomic mass is 15.1. The van der Waals surface area contributed by atoms with E-state index >= 15 is 0 Å². The number of hydrogen-bond donors (Lipinski definition) is 0. The van der Waals surface area contributed by atoms with Gasteiger partial charge < -0.3 is 4.90 Å². The summed E-state index contributed by atoms with van der Waals surface area (Å²) in [6.45, 7) is 4.75. The number of hydrogen-bond acceptors (Lipinski definition) is 1. The van der Waals surface area contributed by atoms with E-state index in [9.17, 15) is 0 Å². The van der Waals surface area contributed by atoms with Gasteiger partial charge in [0.2, 0.25) is 0 Å². The minimum Gasteiger partial charge on any atom is -0.310 e. The summed E-state index contributed by atoms with van der Waals surface area (Å²) in [6.07, 6.45) is 4.97. The van der Waals surface area contributed by atoms with Crippen LogP contribution in [0.25, 0.3) is 33.4 Å². The smallest absolute Gasteiger partial charge is 0.0714 e. The Morgan fingerprint density at radius 3 is 1.44 bits per heavy atom. The van der Waals surface area contributed by atoms with Crippen molar-refractivity contribution < 1.29 is 0 Å². The lowest BCUT2D eigenvalue weighted by atomic mass is 9.61. The Bertz CT molecular complexity index is 3590. The Kier molecular flexibility index (Phi) is 9.84. The molecule has 1 nitrogen and oxygen atoms in total. The van der Waals surface area contributed by atoms with Crippen molar-refractivity contribution >= 4 is 17.1 Å². The third kappa shape index (κ3) is 6.13. The fourth-order valence-corrected chi connectivity index (χ4v) is 14.6. The molecule has 4 aliphatic rings. The summed E-state index contributed by atoms with van der Waals surface area (Å²) in [5, 5.41) is 0. The molecule has 0 spiro atoms. The van der Waals surface area contributed by atoms with Gasteiger partial charge in [-0.05, 0) is 156 Å². The highest BCUT2D eigenvalue weighted by molar-refractivity contribution is 5.90. The zero-order chi connectivity index (χ0) is 48.0. The van der Waals surface area contributed by atoms with Crippen molar-refractivity contribution in [1.82, 2.24) is 0 Å². The molecule has 0 saturated heterocycles. The molecule has 0 bridgehead atoms. The number of rotatable bonds is 8. The molecule has 0 aromatic heterocycles. The molecule has 1 fully saturated rings. The van der Waals surface area contributed by atoms with Gasteiger partial charge in [0.05, 0.1) is 5.41 Å². The first-order valence-corrected chi connectivity index (χ1v) is 26.2. The van der Waals surface area contributed by atoms with Crippen LogP contribution in [0.3, 0.4) is 0 Å². The summed E-state index contributed by atoms with van der Waals surface area (Å²) in [7, 11) is 0. The quantitative estimate of drug-likeness (QED) is 0.147. The molecule has 1 saturated carbocycles. The molecule has 0 amide bonds. The van der Waals surface area contributed by atoms with Crippen LogP contribution in [-0.4, -0.2) is 0 Å². The number of nitrogens with zero attached hydrogens (tertiary/aromatic N) is 1. The van der Waals surface area contributed by atoms with E-state index in [0.29, 0.717) is 11.8 Å². The topological polar surface area (TPSA) is 3.24 Å². The second-order valence-electron chi connectivity index (χ2n) is 21.4. The average molecular weight is 924 g/mol. The van der Waals surface area contributed by atoms with Gasteiger partial charge in [-0.2, -0.15) is 0 Å². The monoisotopic (exact) mass is 923 g/mol. The lowest BCUT2D eigenvalue weighted by molar-refractivity contribution is 0.262. The summed E-state index contributed by atoms with van der Waals surface area (Å²) in [5.41, 5.74) is 24.0. The summed E-state index contributed by atoms with van der Waals surface area (Å²) >= 11 is 0. The molecule has 14 rings (SSSR count). The van der Waals surface area contributed by atoms with Crippen molar-refractivity contribution in [2.24, 2.45) is 5.92 Å². The Balaban J connectivity index is 0.990. The SMILES string of the molecule is CC1(C)c2ccccc2-c2ccc(-c3ccc(N(c4ccc5c(c4)C(c4ccccc4)(c4ccccc4)c4ccccc4-5)c4ccc5c(c4)C(c4ccccc4)(c4ccccc4)C4CCCCC54)cc3)cc21. The molecule has 2 atom stereocenters. The highest BCUT2D eigenvalue weighted by Gasteiger charge is 2.55. The Hall–Kier alpha value is -8.00. The predicted octanol–water partition coefficient (Wildman–Crippen LogP) is 18.1. The number of anilines is 3. The molecular formula is C71H57N. The van der Waals surface area contributed by atoms with Gasteiger partial charge in [-0.1, -0.05) is 233 Å². The van der Waals surface area contributed by atoms with Gasteiger partial charge in [-0.3, -0.25) is 0 Å². The van der Waals surface area contributed by atoms with Crippen LogP contribution in [0.15, 0.2) is 249 Å². The van der Waals surface area contributed by atoms with Crippen molar-refractivity contribution in [2.45, 2.75) is 61.7 Å². The minimum absolute atomic E-state index is 0.0690. The van der Waals surface area contributed by atoms with Crippen LogP contribution in [0.2, 0.25) is 0 Å². The molecule has 4 aliphatic carbocycles. The van der Waals surface area contributed by atoms with Crippen LogP contribution in [0.4, 0.5) is 17.1 Å². The average Bonchev–Trinajstić information content (AvgIpc) is 4.01. The van der Waals surface area contributed by atoms with Crippen LogP contribution in [0, 0.1) is 5.92 Å². The number of fused-ring (bicyclic) bond motifs is 9. The fourth-order valence-electron chi connectivity index (χ4n) is 14.6. The van der Waals surface area contributed by atoms with E-state index in [2.05, 4.69) is 267 Å². The maximum atomic E-state index is 2.60. The van der Waals surface area contributed by atoms with Gasteiger partial charge in [0.25, 0.3) is 0 Å². The van der Waals surface area contributed by atoms with Gasteiger partial charge in [0.15, 0.2) is 0 Å². The van der Waals surface area contributed by atoms with Crippen LogP contribution < -0.4 is 4.90 Å². The molecule has 0 N–H and O–H groups in total. The van der Waals surface area contributed by atoms with E-state index in [1.807, 2.05) is 0 Å². The van der Waals surface area contributed by atoms with Gasteiger partial charge in [-0.15, -0.1) is 0 Å². The summed E-state index contributed by atoms with van der Waals surface area (Å²) in [4.78, 5) is 2.55. The lowest BCUT2D eigenvalue weighted by Crippen LogP contribution is -2.37. The molecule has 346 valence electrons. The minimum atomic E-state index is -0.523. The second kappa shape index (κ2) is 16.5. The van der Waals surface area contributed by atoms with Crippen molar-refractivity contribution in [3.63, 3.8) is 0 Å². The molecule has 1 heteroatoms. The summed E-state index contributed by atoms with van der Waals surface area (Å²) in [5.74, 6) is 0.965. The molecule has 72 heavy (non-hydrogen) atoms. The molecule has 0 aliphatic heterocycles. The van der Waals surface area contributed by atoms with Gasteiger partial charge in [0.1, 0.15) is 0 Å². The van der Waals surface area contributed by atoms with Crippen LogP contribution in [-0.2, 0) is 16.2 Å². The number of benzene rings is 10. The molecule has 0 radical (unpaired) electrons. The van der Waals surface area contributed by atoms with Crippen molar-refractivity contribution in [2.75, 3.05) is 4.90 Å². The zero-order valence-electron chi connectivity index (χ0n) is 41.1. The molecule has 0 heterocycles. The Labute approximate surface area is 425 Å². The standard InChI is InChI=1S/C71H57N/c1-69(2)63-32-18-15-29-57(63)60-42-37-49(45-66(60)69)48-35-38-54(39-36-48)72(55-40-43-61-58-30-16-19-33-64(58)70(67(61)46-55,50-21-7-3-8-22-50)51-23-9-4-10-24-51)56-41-44-62-59-31-17-20-34-65(59)71(68(62)47-56,52-25-11-5-12-26-52)53-27-13-6-14-28-53/h3-16,18-19,21-30,32-33,35-47,59,65H,17,20,31,34H2,1-2H3. The third-order valence-electron chi connectivity index (χ3n) is 17.6. The maximum absolute atomic E-state index is 2.60. The van der Waals surface area contributed by atoms with E-state index in [4.69, 9.17) is 0 Å². The van der Waals surface area contributed by atoms with Gasteiger partial charge >= 0.3 is 0 Å². The van der Waals surface area contributed by atoms with Crippen LogP contribution in [0.1, 0.15) is 101 Å². The second-order valence-corrected chi connectivity index (χ2v) is 21.4. The summed E-state index contributed by atoms with van der Waals surface area (Å²) < 4.78 is 0. The lowest BCUT2D eigenvalue weighted by Gasteiger charge is -2.42. The highest BCUT2D eigenvalue weighted by Crippen LogP contribution is 2.63. The van der Waals surface area contributed by atoms with E-state index < -0.39 is 5.41 Å². The first kappa shape index (κ1) is 42.8. The van der Waals surface area contributed by atoms with Gasteiger partial charge in [-0.25, -0.2) is 0 Å². The predicted molar refractivity (Wildman–Crippen MR) is 299 cm³/mol. The van der Waals surface area contributed by atoms with Gasteiger partial charge in [0, 0.05) is 27.9 Å². The normalized spacial score (nSPS) is 18.0. The largest absolute Gasteiger partial charge is 0.310 e. The van der Waals surface area contributed by atoms with E-state index in [-0.39, 0.29) is 10.8 Å². The van der Waals surface area contributed by atoms with Crippen LogP contribution >= 0.6 is 0 Å². The summed E-state index contributed by atoms with van der Waals surface area (Å²) in [6, 6.07) is 94.8. The zero-order valence-corrected chi connectivity index (χ0v) is 41.1. The van der Waals surface area contributed by atoms with Crippen LogP contribution in [0.5, 0.6) is 0 Å². The van der Waals surface area contributed by atoms with E-state index in [0.717, 1.165) is 11.4 Å². The fraction of sp³-hybridized carbons (Fsp3) is 0.155. The molecular weight excluding hydrogens is 867 g/mol. The molecule has 10 aromatic carbocycles. The van der Waals surface area contributed by atoms with Crippen molar-refractivity contribution in [1.29, 1.82) is 0 Å². The Morgan fingerprint density at radius 2 is 0.806 bits per heavy atom. The third-order valence-corrected chi connectivity index (χ3v) is 17.6. The van der Waals surface area contributed by atoms with E-state index in [1.165, 1.54) is 120 Å². The Morgan fingerprint density at radius 1 is 0.347 bits per heavy atom. The molecule has 2 unspecified atom stereocenters. The first-order valence-electron chi connectivity index (χ1n) is 26.2. The maximum Gasteiger partial charge on any atom is 0.0714 e. The van der Waals surface area contributed by atoms with Crippen molar-refractivity contribution in [3.05, 3.63) is 304 Å². The van der Waals surface area contributed by atoms with Crippen molar-refractivity contribution in [3.8, 4) is 33.4 Å². The first-order chi connectivity index (χ1) is 35.5. The van der Waals surface area contributed by atoms with E-state index in [1.54, 1.807) is 0 Å².